The van der Waals surface area contributed by atoms with Crippen LogP contribution < -0.4 is 15.8 Å². The topological polar surface area (TPSA) is 73.6 Å². The van der Waals surface area contributed by atoms with E-state index in [4.69, 9.17) is 15.2 Å². The molecule has 0 spiro atoms. The Morgan fingerprint density at radius 1 is 1.50 bits per heavy atom. The normalized spacial score (nSPS) is 11.9. The van der Waals surface area contributed by atoms with Gasteiger partial charge in [-0.1, -0.05) is 6.07 Å². The molecule has 0 radical (unpaired) electrons. The minimum Gasteiger partial charge on any atom is -0.495 e. The quantitative estimate of drug-likeness (QED) is 0.751. The lowest BCUT2D eigenvalue weighted by Gasteiger charge is -2.14. The first-order valence-corrected chi connectivity index (χ1v) is 5.92. The van der Waals surface area contributed by atoms with Gasteiger partial charge < -0.3 is 20.5 Å². The summed E-state index contributed by atoms with van der Waals surface area (Å²) in [5.41, 5.74) is 6.61. The molecule has 0 saturated heterocycles. The molecule has 100 valence electrons. The molecule has 1 unspecified atom stereocenters. The number of rotatable bonds is 6. The largest absolute Gasteiger partial charge is 0.495 e. The molecule has 0 heterocycles. The molecule has 0 fully saturated rings. The summed E-state index contributed by atoms with van der Waals surface area (Å²) in [4.78, 5) is 11.9. The number of ether oxygens (including phenoxy) is 2. The van der Waals surface area contributed by atoms with Gasteiger partial charge in [-0.25, -0.2) is 0 Å². The molecule has 1 amide bonds. The second-order valence-corrected chi connectivity index (χ2v) is 3.90. The van der Waals surface area contributed by atoms with Crippen molar-refractivity contribution in [2.75, 3.05) is 26.0 Å². The van der Waals surface area contributed by atoms with E-state index >= 15 is 0 Å². The van der Waals surface area contributed by atoms with Crippen LogP contribution >= 0.6 is 0 Å². The van der Waals surface area contributed by atoms with Gasteiger partial charge in [0.25, 0.3) is 5.91 Å². The average Bonchev–Trinajstić information content (AvgIpc) is 2.36. The van der Waals surface area contributed by atoms with E-state index in [0.717, 1.165) is 0 Å². The summed E-state index contributed by atoms with van der Waals surface area (Å²) in [5.74, 6) is 0.276. The Hall–Kier alpha value is -1.75. The van der Waals surface area contributed by atoms with Crippen molar-refractivity contribution in [1.82, 2.24) is 5.32 Å². The Morgan fingerprint density at radius 2 is 2.22 bits per heavy atom. The van der Waals surface area contributed by atoms with Crippen molar-refractivity contribution in [3.8, 4) is 5.75 Å². The van der Waals surface area contributed by atoms with Gasteiger partial charge in [-0.15, -0.1) is 0 Å². The van der Waals surface area contributed by atoms with Gasteiger partial charge in [0.2, 0.25) is 0 Å². The van der Waals surface area contributed by atoms with Gasteiger partial charge >= 0.3 is 0 Å². The van der Waals surface area contributed by atoms with E-state index in [1.807, 2.05) is 13.8 Å². The van der Waals surface area contributed by atoms with Gasteiger partial charge in [0, 0.05) is 13.2 Å². The summed E-state index contributed by atoms with van der Waals surface area (Å²) in [6.07, 6.45) is -0.0224. The summed E-state index contributed by atoms with van der Waals surface area (Å²) in [7, 11) is 1.52. The lowest BCUT2D eigenvalue weighted by Crippen LogP contribution is -2.32. The van der Waals surface area contributed by atoms with Crippen molar-refractivity contribution in [2.24, 2.45) is 0 Å². The number of para-hydroxylation sites is 1. The van der Waals surface area contributed by atoms with Crippen molar-refractivity contribution in [1.29, 1.82) is 0 Å². The number of hydrogen-bond donors (Lipinski definition) is 2. The molecule has 5 heteroatoms. The van der Waals surface area contributed by atoms with Crippen molar-refractivity contribution in [2.45, 2.75) is 20.0 Å². The van der Waals surface area contributed by atoms with Crippen LogP contribution in [0.15, 0.2) is 18.2 Å². The lowest BCUT2D eigenvalue weighted by molar-refractivity contribution is 0.0695. The highest BCUT2D eigenvalue weighted by Crippen LogP contribution is 2.24. The molecule has 0 saturated carbocycles. The third kappa shape index (κ3) is 3.63. The van der Waals surface area contributed by atoms with Crippen LogP contribution in [0.3, 0.4) is 0 Å². The van der Waals surface area contributed by atoms with E-state index in [9.17, 15) is 4.79 Å². The molecule has 1 aromatic carbocycles. The fraction of sp³-hybridized carbons (Fsp3) is 0.462. The zero-order valence-electron chi connectivity index (χ0n) is 11.0. The van der Waals surface area contributed by atoms with Gasteiger partial charge in [-0.05, 0) is 26.0 Å². The number of amides is 1. The van der Waals surface area contributed by atoms with Crippen LogP contribution in [0.1, 0.15) is 24.2 Å². The first-order valence-electron chi connectivity index (χ1n) is 5.92. The number of carbonyl (C=O) groups excluding carboxylic acids is 1. The smallest absolute Gasteiger partial charge is 0.253 e. The zero-order chi connectivity index (χ0) is 13.5. The highest BCUT2D eigenvalue weighted by atomic mass is 16.5. The standard InChI is InChI=1S/C13H20N2O3/c1-4-18-9(2)8-15-13(16)10-6-5-7-11(17-3)12(10)14/h5-7,9H,4,8,14H2,1-3H3,(H,15,16). The molecule has 18 heavy (non-hydrogen) atoms. The monoisotopic (exact) mass is 252 g/mol. The van der Waals surface area contributed by atoms with Crippen LogP contribution in [0.25, 0.3) is 0 Å². The van der Waals surface area contributed by atoms with Gasteiger partial charge in [0.1, 0.15) is 5.75 Å². The maximum Gasteiger partial charge on any atom is 0.253 e. The molecule has 5 nitrogen and oxygen atoms in total. The number of hydrogen-bond acceptors (Lipinski definition) is 4. The highest BCUT2D eigenvalue weighted by Gasteiger charge is 2.13. The summed E-state index contributed by atoms with van der Waals surface area (Å²) in [6, 6.07) is 5.11. The third-order valence-corrected chi connectivity index (χ3v) is 2.53. The van der Waals surface area contributed by atoms with Crippen molar-refractivity contribution < 1.29 is 14.3 Å². The molecule has 0 aliphatic carbocycles. The predicted octanol–water partition coefficient (Wildman–Crippen LogP) is 1.43. The van der Waals surface area contributed by atoms with Gasteiger partial charge in [-0.3, -0.25) is 4.79 Å². The molecular weight excluding hydrogens is 232 g/mol. The van der Waals surface area contributed by atoms with Crippen LogP contribution in [-0.4, -0.2) is 32.3 Å². The van der Waals surface area contributed by atoms with Crippen LogP contribution in [0.2, 0.25) is 0 Å². The highest BCUT2D eigenvalue weighted by molar-refractivity contribution is 6.00. The maximum absolute atomic E-state index is 11.9. The van der Waals surface area contributed by atoms with Crippen molar-refractivity contribution in [3.05, 3.63) is 23.8 Å². The minimum atomic E-state index is -0.224. The Balaban J connectivity index is 2.67. The molecule has 0 bridgehead atoms. The number of nitrogens with one attached hydrogen (secondary N) is 1. The Kier molecular flexibility index (Phi) is 5.45. The molecule has 0 aromatic heterocycles. The molecule has 0 aliphatic rings. The first kappa shape index (κ1) is 14.3. The van der Waals surface area contributed by atoms with E-state index in [-0.39, 0.29) is 12.0 Å². The molecule has 1 aromatic rings. The van der Waals surface area contributed by atoms with Gasteiger partial charge in [0.15, 0.2) is 0 Å². The van der Waals surface area contributed by atoms with Crippen LogP contribution in [-0.2, 0) is 4.74 Å². The van der Waals surface area contributed by atoms with Gasteiger partial charge in [0.05, 0.1) is 24.5 Å². The van der Waals surface area contributed by atoms with Crippen LogP contribution in [0.5, 0.6) is 5.75 Å². The van der Waals surface area contributed by atoms with Crippen molar-refractivity contribution in [3.63, 3.8) is 0 Å². The van der Waals surface area contributed by atoms with Crippen molar-refractivity contribution >= 4 is 11.6 Å². The molecule has 0 aliphatic heterocycles. The van der Waals surface area contributed by atoms with E-state index < -0.39 is 0 Å². The van der Waals surface area contributed by atoms with E-state index in [2.05, 4.69) is 5.32 Å². The first-order chi connectivity index (χ1) is 8.60. The summed E-state index contributed by atoms with van der Waals surface area (Å²) >= 11 is 0. The fourth-order valence-corrected chi connectivity index (χ4v) is 1.60. The zero-order valence-corrected chi connectivity index (χ0v) is 11.0. The van der Waals surface area contributed by atoms with E-state index in [1.165, 1.54) is 7.11 Å². The lowest BCUT2D eigenvalue weighted by atomic mass is 10.1. The number of carbonyl (C=O) groups is 1. The Morgan fingerprint density at radius 3 is 2.83 bits per heavy atom. The van der Waals surface area contributed by atoms with E-state index in [1.54, 1.807) is 18.2 Å². The van der Waals surface area contributed by atoms with E-state index in [0.29, 0.717) is 30.2 Å². The summed E-state index contributed by atoms with van der Waals surface area (Å²) in [6.45, 7) is 4.89. The Labute approximate surface area is 107 Å². The van der Waals surface area contributed by atoms with Crippen LogP contribution in [0.4, 0.5) is 5.69 Å². The number of nitrogen functional groups attached to an aromatic ring is 1. The SMILES string of the molecule is CCOC(C)CNC(=O)c1cccc(OC)c1N. The molecular formula is C13H20N2O3. The average molecular weight is 252 g/mol. The summed E-state index contributed by atoms with van der Waals surface area (Å²) < 4.78 is 10.4. The second-order valence-electron chi connectivity index (χ2n) is 3.90. The van der Waals surface area contributed by atoms with Gasteiger partial charge in [-0.2, -0.15) is 0 Å². The number of methoxy groups -OCH3 is 1. The predicted molar refractivity (Wildman–Crippen MR) is 70.8 cm³/mol. The minimum absolute atomic E-state index is 0.0224. The molecule has 3 N–H and O–H groups in total. The number of nitrogens with two attached hydrogens (primary N) is 1. The second kappa shape index (κ2) is 6.86. The third-order valence-electron chi connectivity index (χ3n) is 2.53. The number of benzene rings is 1. The van der Waals surface area contributed by atoms with Crippen LogP contribution in [0, 0.1) is 0 Å². The fourth-order valence-electron chi connectivity index (χ4n) is 1.60. The number of anilines is 1. The Bertz CT molecular complexity index is 407. The summed E-state index contributed by atoms with van der Waals surface area (Å²) in [5, 5.41) is 2.78. The molecule has 1 rings (SSSR count). The maximum atomic E-state index is 11.9. The molecule has 1 atom stereocenters.